The van der Waals surface area contributed by atoms with E-state index in [0.717, 1.165) is 29.7 Å². The fourth-order valence-corrected chi connectivity index (χ4v) is 2.95. The van der Waals surface area contributed by atoms with Crippen LogP contribution in [0, 0.1) is 17.0 Å². The first-order chi connectivity index (χ1) is 13.0. The number of non-ortho nitro benzene ring substituents is 1. The molecule has 0 spiro atoms. The lowest BCUT2D eigenvalue weighted by molar-refractivity contribution is -0.384. The molecule has 0 aromatic heterocycles. The van der Waals surface area contributed by atoms with E-state index in [1.807, 2.05) is 31.2 Å². The number of rotatable bonds is 8. The summed E-state index contributed by atoms with van der Waals surface area (Å²) in [5.74, 6) is 0.634. The van der Waals surface area contributed by atoms with E-state index in [1.54, 1.807) is 13.2 Å². The normalized spacial score (nSPS) is 13.4. The Kier molecular flexibility index (Phi) is 5.71. The third-order valence-electron chi connectivity index (χ3n) is 4.66. The predicted octanol–water partition coefficient (Wildman–Crippen LogP) is 3.51. The Morgan fingerprint density at radius 2 is 1.96 bits per heavy atom. The number of nitrogens with one attached hydrogen (secondary N) is 1. The second-order valence-electron chi connectivity index (χ2n) is 6.79. The highest BCUT2D eigenvalue weighted by Gasteiger charge is 2.30. The summed E-state index contributed by atoms with van der Waals surface area (Å²) in [6.45, 7) is 2.74. The van der Waals surface area contributed by atoms with E-state index in [2.05, 4.69) is 10.2 Å². The van der Waals surface area contributed by atoms with Crippen LogP contribution >= 0.6 is 0 Å². The van der Waals surface area contributed by atoms with Crippen LogP contribution in [0.2, 0.25) is 0 Å². The zero-order chi connectivity index (χ0) is 19.4. The summed E-state index contributed by atoms with van der Waals surface area (Å²) in [7, 11) is 1.63. The van der Waals surface area contributed by atoms with Crippen LogP contribution in [-0.4, -0.2) is 35.4 Å². The van der Waals surface area contributed by atoms with Crippen LogP contribution in [0.25, 0.3) is 0 Å². The standard InChI is InChI=1S/C20H23N3O4/c1-14-3-6-17(23(25)26)11-19(14)21-20(24)13-22(16-7-8-16)12-15-4-9-18(27-2)10-5-15/h3-6,9-11,16H,7-8,12-13H2,1-2H3,(H,21,24). The number of carbonyl (C=O) groups excluding carboxylic acids is 1. The molecule has 0 radical (unpaired) electrons. The lowest BCUT2D eigenvalue weighted by atomic mass is 10.1. The van der Waals surface area contributed by atoms with Crippen molar-refractivity contribution < 1.29 is 14.5 Å². The summed E-state index contributed by atoms with van der Waals surface area (Å²) < 4.78 is 5.18. The Labute approximate surface area is 158 Å². The molecule has 27 heavy (non-hydrogen) atoms. The highest BCUT2D eigenvalue weighted by molar-refractivity contribution is 5.93. The number of aryl methyl sites for hydroxylation is 1. The number of nitrogens with zero attached hydrogens (tertiary/aromatic N) is 2. The maximum absolute atomic E-state index is 12.5. The molecule has 0 bridgehead atoms. The first kappa shape index (κ1) is 18.8. The van der Waals surface area contributed by atoms with Crippen LogP contribution in [-0.2, 0) is 11.3 Å². The summed E-state index contributed by atoms with van der Waals surface area (Å²) in [6.07, 6.45) is 2.17. The van der Waals surface area contributed by atoms with Gasteiger partial charge in [-0.05, 0) is 43.0 Å². The molecule has 0 atom stereocenters. The molecule has 7 nitrogen and oxygen atoms in total. The van der Waals surface area contributed by atoms with Gasteiger partial charge in [-0.25, -0.2) is 0 Å². The maximum Gasteiger partial charge on any atom is 0.271 e. The van der Waals surface area contributed by atoms with Crippen LogP contribution < -0.4 is 10.1 Å². The number of nitro benzene ring substituents is 1. The molecule has 1 aliphatic carbocycles. The molecule has 0 aliphatic heterocycles. The molecule has 1 N–H and O–H groups in total. The van der Waals surface area contributed by atoms with Gasteiger partial charge in [0.05, 0.1) is 24.3 Å². The first-order valence-corrected chi connectivity index (χ1v) is 8.88. The molecule has 0 unspecified atom stereocenters. The molecule has 0 heterocycles. The minimum absolute atomic E-state index is 0.0341. The molecule has 2 aromatic rings. The zero-order valence-electron chi connectivity index (χ0n) is 15.5. The van der Waals surface area contributed by atoms with Crippen molar-refractivity contribution in [3.8, 4) is 5.75 Å². The zero-order valence-corrected chi connectivity index (χ0v) is 15.5. The smallest absolute Gasteiger partial charge is 0.271 e. The molecule has 1 fully saturated rings. The van der Waals surface area contributed by atoms with Crippen molar-refractivity contribution in [3.05, 3.63) is 63.7 Å². The molecular weight excluding hydrogens is 346 g/mol. The van der Waals surface area contributed by atoms with Gasteiger partial charge in [-0.3, -0.25) is 19.8 Å². The third kappa shape index (κ3) is 5.04. The van der Waals surface area contributed by atoms with Crippen LogP contribution in [0.4, 0.5) is 11.4 Å². The Morgan fingerprint density at radius 1 is 1.26 bits per heavy atom. The van der Waals surface area contributed by atoms with Gasteiger partial charge in [0.15, 0.2) is 0 Å². The molecule has 2 aromatic carbocycles. The van der Waals surface area contributed by atoms with Gasteiger partial charge < -0.3 is 10.1 Å². The van der Waals surface area contributed by atoms with Gasteiger partial charge in [0.1, 0.15) is 5.75 Å². The van der Waals surface area contributed by atoms with E-state index >= 15 is 0 Å². The minimum atomic E-state index is -0.463. The number of benzene rings is 2. The fraction of sp³-hybridized carbons (Fsp3) is 0.350. The number of carbonyl (C=O) groups is 1. The van der Waals surface area contributed by atoms with E-state index in [0.29, 0.717) is 18.3 Å². The Morgan fingerprint density at radius 3 is 2.56 bits per heavy atom. The molecule has 0 saturated heterocycles. The number of anilines is 1. The summed E-state index contributed by atoms with van der Waals surface area (Å²) in [5.41, 5.74) is 2.35. The number of ether oxygens (including phenoxy) is 1. The average Bonchev–Trinajstić information content (AvgIpc) is 3.48. The van der Waals surface area contributed by atoms with Crippen molar-refractivity contribution in [2.24, 2.45) is 0 Å². The van der Waals surface area contributed by atoms with Gasteiger partial charge in [-0.2, -0.15) is 0 Å². The molecule has 7 heteroatoms. The highest BCUT2D eigenvalue weighted by Crippen LogP contribution is 2.29. The number of methoxy groups -OCH3 is 1. The predicted molar refractivity (Wildman–Crippen MR) is 103 cm³/mol. The quantitative estimate of drug-likeness (QED) is 0.568. The second-order valence-corrected chi connectivity index (χ2v) is 6.79. The monoisotopic (exact) mass is 369 g/mol. The van der Waals surface area contributed by atoms with Gasteiger partial charge in [0.25, 0.3) is 5.69 Å². The Balaban J connectivity index is 1.65. The largest absolute Gasteiger partial charge is 0.497 e. The lowest BCUT2D eigenvalue weighted by Crippen LogP contribution is -2.34. The summed E-state index contributed by atoms with van der Waals surface area (Å²) in [6, 6.07) is 12.7. The van der Waals surface area contributed by atoms with Crippen molar-refractivity contribution in [2.45, 2.75) is 32.4 Å². The van der Waals surface area contributed by atoms with Crippen LogP contribution in [0.1, 0.15) is 24.0 Å². The van der Waals surface area contributed by atoms with Gasteiger partial charge in [-0.1, -0.05) is 18.2 Å². The summed E-state index contributed by atoms with van der Waals surface area (Å²) in [5, 5.41) is 13.8. The SMILES string of the molecule is COc1ccc(CN(CC(=O)Nc2cc([N+](=O)[O-])ccc2C)C2CC2)cc1. The molecular formula is C20H23N3O4. The molecule has 1 saturated carbocycles. The average molecular weight is 369 g/mol. The topological polar surface area (TPSA) is 84.7 Å². The van der Waals surface area contributed by atoms with Gasteiger partial charge in [0.2, 0.25) is 5.91 Å². The number of amides is 1. The first-order valence-electron chi connectivity index (χ1n) is 8.88. The van der Waals surface area contributed by atoms with Crippen molar-refractivity contribution in [3.63, 3.8) is 0 Å². The Hall–Kier alpha value is -2.93. The number of nitro groups is 1. The molecule has 3 rings (SSSR count). The fourth-order valence-electron chi connectivity index (χ4n) is 2.95. The number of hydrogen-bond donors (Lipinski definition) is 1. The summed E-state index contributed by atoms with van der Waals surface area (Å²) in [4.78, 5) is 25.2. The van der Waals surface area contributed by atoms with E-state index < -0.39 is 4.92 Å². The van der Waals surface area contributed by atoms with Crippen molar-refractivity contribution in [1.82, 2.24) is 4.90 Å². The van der Waals surface area contributed by atoms with Crippen LogP contribution in [0.5, 0.6) is 5.75 Å². The Bertz CT molecular complexity index is 832. The van der Waals surface area contributed by atoms with E-state index in [4.69, 9.17) is 4.74 Å². The third-order valence-corrected chi connectivity index (χ3v) is 4.66. The number of hydrogen-bond acceptors (Lipinski definition) is 5. The van der Waals surface area contributed by atoms with Gasteiger partial charge in [0, 0.05) is 24.7 Å². The van der Waals surface area contributed by atoms with Crippen LogP contribution in [0.15, 0.2) is 42.5 Å². The van der Waals surface area contributed by atoms with Gasteiger partial charge >= 0.3 is 0 Å². The summed E-state index contributed by atoms with van der Waals surface area (Å²) >= 11 is 0. The van der Waals surface area contributed by atoms with E-state index in [-0.39, 0.29) is 18.1 Å². The van der Waals surface area contributed by atoms with Crippen molar-refractivity contribution in [1.29, 1.82) is 0 Å². The van der Waals surface area contributed by atoms with Crippen LogP contribution in [0.3, 0.4) is 0 Å². The second kappa shape index (κ2) is 8.18. The maximum atomic E-state index is 12.5. The minimum Gasteiger partial charge on any atom is -0.497 e. The van der Waals surface area contributed by atoms with E-state index in [1.165, 1.54) is 12.1 Å². The van der Waals surface area contributed by atoms with Crippen molar-refractivity contribution >= 4 is 17.3 Å². The van der Waals surface area contributed by atoms with Gasteiger partial charge in [-0.15, -0.1) is 0 Å². The molecule has 142 valence electrons. The molecule has 1 aliphatic rings. The highest BCUT2D eigenvalue weighted by atomic mass is 16.6. The van der Waals surface area contributed by atoms with Crippen molar-refractivity contribution in [2.75, 3.05) is 19.0 Å². The lowest BCUT2D eigenvalue weighted by Gasteiger charge is -2.22. The van der Waals surface area contributed by atoms with E-state index in [9.17, 15) is 14.9 Å². The molecule has 1 amide bonds.